The molecule has 0 fully saturated rings. The molecule has 4 aromatic rings. The van der Waals surface area contributed by atoms with Crippen molar-refractivity contribution in [1.29, 1.82) is 0 Å². The van der Waals surface area contributed by atoms with E-state index in [1.165, 1.54) is 30.2 Å². The predicted molar refractivity (Wildman–Crippen MR) is 145 cm³/mol. The number of hydrogen-bond donors (Lipinski definition) is 2. The molecule has 0 saturated heterocycles. The summed E-state index contributed by atoms with van der Waals surface area (Å²) < 4.78 is 11.2. The largest absolute Gasteiger partial charge is 0.506 e. The number of fused-ring (bicyclic) bond motifs is 1. The number of furan rings is 1. The summed E-state index contributed by atoms with van der Waals surface area (Å²) in [6.45, 7) is 6.23. The Bertz CT molecular complexity index is 1610. The average Bonchev–Trinajstić information content (AvgIpc) is 3.44. The smallest absolute Gasteiger partial charge is 0.294 e. The van der Waals surface area contributed by atoms with Crippen LogP contribution in [0.4, 0.5) is 5.69 Å². The van der Waals surface area contributed by atoms with Gasteiger partial charge in [0, 0.05) is 10.4 Å². The van der Waals surface area contributed by atoms with Crippen LogP contribution in [-0.4, -0.2) is 29.0 Å². The summed E-state index contributed by atoms with van der Waals surface area (Å²) in [5, 5.41) is 22.6. The quantitative estimate of drug-likeness (QED) is 0.272. The van der Waals surface area contributed by atoms with Gasteiger partial charge in [0.15, 0.2) is 22.9 Å². The van der Waals surface area contributed by atoms with E-state index in [1.54, 1.807) is 36.4 Å². The van der Waals surface area contributed by atoms with Crippen molar-refractivity contribution in [2.24, 2.45) is 0 Å². The van der Waals surface area contributed by atoms with Gasteiger partial charge in [-0.1, -0.05) is 68.8 Å². The molecular weight excluding hydrogens is 506 g/mol. The Hall–Kier alpha value is -4.23. The number of phenols is 1. The van der Waals surface area contributed by atoms with E-state index >= 15 is 0 Å². The molecule has 38 heavy (non-hydrogen) atoms. The molecule has 8 heteroatoms. The van der Waals surface area contributed by atoms with Crippen LogP contribution in [0, 0.1) is 0 Å². The van der Waals surface area contributed by atoms with E-state index in [0.29, 0.717) is 22.3 Å². The zero-order chi connectivity index (χ0) is 27.4. The summed E-state index contributed by atoms with van der Waals surface area (Å²) in [5.74, 6) is -2.08. The molecule has 1 aliphatic rings. The monoisotopic (exact) mass is 531 g/mol. The number of anilines is 1. The Morgan fingerprint density at radius 3 is 2.39 bits per heavy atom. The number of ether oxygens (including phenoxy) is 1. The van der Waals surface area contributed by atoms with E-state index in [0.717, 1.165) is 5.56 Å². The van der Waals surface area contributed by atoms with Crippen LogP contribution in [0.15, 0.2) is 82.5 Å². The van der Waals surface area contributed by atoms with Gasteiger partial charge in [0.1, 0.15) is 5.75 Å². The molecule has 1 aromatic heterocycles. The molecule has 2 heterocycles. The van der Waals surface area contributed by atoms with E-state index in [4.69, 9.17) is 20.8 Å². The van der Waals surface area contributed by atoms with E-state index in [9.17, 15) is 19.8 Å². The highest BCUT2D eigenvalue weighted by atomic mass is 35.5. The Morgan fingerprint density at radius 2 is 1.74 bits per heavy atom. The highest BCUT2D eigenvalue weighted by molar-refractivity contribution is 6.31. The third-order valence-electron chi connectivity index (χ3n) is 6.69. The molecule has 0 spiro atoms. The van der Waals surface area contributed by atoms with Crippen LogP contribution in [0.2, 0.25) is 5.02 Å². The van der Waals surface area contributed by atoms with E-state index < -0.39 is 23.5 Å². The summed E-state index contributed by atoms with van der Waals surface area (Å²) in [5.41, 5.74) is 1.75. The normalized spacial score (nSPS) is 16.0. The van der Waals surface area contributed by atoms with Gasteiger partial charge in [-0.25, -0.2) is 0 Å². The van der Waals surface area contributed by atoms with Crippen molar-refractivity contribution in [2.45, 2.75) is 32.2 Å². The van der Waals surface area contributed by atoms with Gasteiger partial charge >= 0.3 is 0 Å². The number of phenolic OH excluding ortho intramolecular Hbond substituents is 1. The maximum Gasteiger partial charge on any atom is 0.294 e. The minimum absolute atomic E-state index is 0.0627. The number of aliphatic hydroxyl groups is 1. The number of carbonyl (C=O) groups excluding carboxylic acids is 2. The fourth-order valence-corrected chi connectivity index (χ4v) is 4.86. The zero-order valence-electron chi connectivity index (χ0n) is 21.3. The van der Waals surface area contributed by atoms with Gasteiger partial charge in [-0.05, 0) is 46.9 Å². The number of aromatic hydroxyl groups is 1. The van der Waals surface area contributed by atoms with Gasteiger partial charge < -0.3 is 19.4 Å². The molecule has 0 radical (unpaired) electrons. The number of nitrogens with zero attached hydrogens (tertiary/aromatic N) is 1. The number of rotatable bonds is 5. The second-order valence-corrected chi connectivity index (χ2v) is 10.6. The fourth-order valence-electron chi connectivity index (χ4n) is 4.70. The lowest BCUT2D eigenvalue weighted by Crippen LogP contribution is -2.31. The second kappa shape index (κ2) is 9.26. The van der Waals surface area contributed by atoms with Crippen molar-refractivity contribution in [1.82, 2.24) is 0 Å². The number of halogens is 1. The molecule has 5 rings (SSSR count). The van der Waals surface area contributed by atoms with Crippen molar-refractivity contribution in [3.8, 4) is 11.5 Å². The SMILES string of the molecule is COc1cccc2cc(C(=O)C3=C(O)C(=O)N(c4cc(Cl)ccc4O)C3c3ccc(C(C)(C)C)cc3)oc12. The minimum atomic E-state index is -1.05. The molecule has 0 saturated carbocycles. The number of ketones is 1. The van der Waals surface area contributed by atoms with Crippen LogP contribution < -0.4 is 9.64 Å². The lowest BCUT2D eigenvalue weighted by atomic mass is 9.85. The Morgan fingerprint density at radius 1 is 1.03 bits per heavy atom. The molecule has 7 nitrogen and oxygen atoms in total. The summed E-state index contributed by atoms with van der Waals surface area (Å²) in [6, 6.07) is 17.4. The molecule has 2 N–H and O–H groups in total. The summed E-state index contributed by atoms with van der Waals surface area (Å²) in [7, 11) is 1.50. The molecule has 0 aliphatic carbocycles. The first-order chi connectivity index (χ1) is 18.0. The van der Waals surface area contributed by atoms with Gasteiger partial charge in [-0.15, -0.1) is 0 Å². The lowest BCUT2D eigenvalue weighted by molar-refractivity contribution is -0.117. The number of amides is 1. The van der Waals surface area contributed by atoms with Gasteiger partial charge in [0.25, 0.3) is 5.91 Å². The molecule has 0 bridgehead atoms. The highest BCUT2D eigenvalue weighted by Crippen LogP contribution is 2.46. The van der Waals surface area contributed by atoms with Crippen molar-refractivity contribution >= 4 is 39.9 Å². The van der Waals surface area contributed by atoms with E-state index in [-0.39, 0.29) is 33.2 Å². The third kappa shape index (κ3) is 4.19. The number of carbonyl (C=O) groups is 2. The van der Waals surface area contributed by atoms with Gasteiger partial charge in [0.05, 0.1) is 24.4 Å². The van der Waals surface area contributed by atoms with Gasteiger partial charge in [0.2, 0.25) is 5.78 Å². The minimum Gasteiger partial charge on any atom is -0.506 e. The maximum atomic E-state index is 13.9. The Labute approximate surface area is 224 Å². The Kier molecular flexibility index (Phi) is 6.19. The Balaban J connectivity index is 1.68. The van der Waals surface area contributed by atoms with Crippen molar-refractivity contribution in [2.75, 3.05) is 12.0 Å². The number of methoxy groups -OCH3 is 1. The average molecular weight is 532 g/mol. The molecule has 194 valence electrons. The van der Waals surface area contributed by atoms with Crippen molar-refractivity contribution in [3.63, 3.8) is 0 Å². The van der Waals surface area contributed by atoms with Crippen LogP contribution in [0.5, 0.6) is 11.5 Å². The van der Waals surface area contributed by atoms with Crippen LogP contribution >= 0.6 is 11.6 Å². The predicted octanol–water partition coefficient (Wildman–Crippen LogP) is 6.88. The standard InChI is InChI=1S/C30H26ClNO6/c1-30(2,3)18-10-8-16(9-11-18)25-24(26(34)23-14-17-6-5-7-22(37-4)28(17)38-23)27(35)29(36)32(25)20-15-19(31)12-13-21(20)33/h5-15,25,33,35H,1-4H3. The summed E-state index contributed by atoms with van der Waals surface area (Å²) in [4.78, 5) is 28.5. The van der Waals surface area contributed by atoms with Gasteiger partial charge in [-0.2, -0.15) is 0 Å². The second-order valence-electron chi connectivity index (χ2n) is 10.2. The fraction of sp³-hybridized carbons (Fsp3) is 0.200. The van der Waals surface area contributed by atoms with E-state index in [1.807, 2.05) is 12.1 Å². The van der Waals surface area contributed by atoms with Crippen LogP contribution in [0.3, 0.4) is 0 Å². The molecule has 3 aromatic carbocycles. The number of hydrogen-bond acceptors (Lipinski definition) is 6. The summed E-state index contributed by atoms with van der Waals surface area (Å²) in [6.07, 6.45) is 0. The topological polar surface area (TPSA) is 100 Å². The first kappa shape index (κ1) is 25.4. The third-order valence-corrected chi connectivity index (χ3v) is 6.93. The molecule has 1 aliphatic heterocycles. The zero-order valence-corrected chi connectivity index (χ0v) is 22.0. The van der Waals surface area contributed by atoms with Crippen LogP contribution in [0.25, 0.3) is 11.0 Å². The lowest BCUT2D eigenvalue weighted by Gasteiger charge is -2.28. The first-order valence-corrected chi connectivity index (χ1v) is 12.4. The molecule has 1 unspecified atom stereocenters. The molecule has 1 atom stereocenters. The highest BCUT2D eigenvalue weighted by Gasteiger charge is 2.46. The number of aliphatic hydroxyl groups excluding tert-OH is 1. The molecular formula is C30H26ClNO6. The number of benzene rings is 3. The number of para-hydroxylation sites is 1. The summed E-state index contributed by atoms with van der Waals surface area (Å²) >= 11 is 6.19. The van der Waals surface area contributed by atoms with Crippen molar-refractivity contribution in [3.05, 3.63) is 100.0 Å². The van der Waals surface area contributed by atoms with E-state index in [2.05, 4.69) is 20.8 Å². The molecule has 1 amide bonds. The van der Waals surface area contributed by atoms with Crippen molar-refractivity contribution < 1.29 is 29.0 Å². The number of Topliss-reactive ketones (excluding diaryl/α,β-unsaturated/α-hetero) is 1. The van der Waals surface area contributed by atoms with Crippen LogP contribution in [-0.2, 0) is 10.2 Å². The van der Waals surface area contributed by atoms with Gasteiger partial charge in [-0.3, -0.25) is 14.5 Å². The first-order valence-electron chi connectivity index (χ1n) is 12.0. The van der Waals surface area contributed by atoms with Crippen LogP contribution in [0.1, 0.15) is 48.5 Å². The maximum absolute atomic E-state index is 13.9.